The van der Waals surface area contributed by atoms with Crippen LogP contribution in [0.2, 0.25) is 0 Å². The SMILES string of the molecule is CCCC1CC(=O)C2=C(C1)N=C(C)C(C#N)C2c1ccc(N)c(OCC)c1. The maximum absolute atomic E-state index is 13.1. The van der Waals surface area contributed by atoms with Crippen molar-refractivity contribution in [3.63, 3.8) is 0 Å². The highest BCUT2D eigenvalue weighted by Crippen LogP contribution is 2.45. The van der Waals surface area contributed by atoms with Crippen molar-refractivity contribution >= 4 is 17.2 Å². The minimum absolute atomic E-state index is 0.131. The van der Waals surface area contributed by atoms with E-state index in [4.69, 9.17) is 10.5 Å². The molecule has 3 unspecified atom stereocenters. The van der Waals surface area contributed by atoms with Crippen LogP contribution in [0, 0.1) is 23.2 Å². The number of nitrogens with two attached hydrogens (primary N) is 1. The molecule has 0 saturated heterocycles. The van der Waals surface area contributed by atoms with Gasteiger partial charge in [0.15, 0.2) is 5.78 Å². The van der Waals surface area contributed by atoms with Gasteiger partial charge in [-0.1, -0.05) is 19.4 Å². The average molecular weight is 365 g/mol. The van der Waals surface area contributed by atoms with Gasteiger partial charge >= 0.3 is 0 Å². The van der Waals surface area contributed by atoms with Crippen LogP contribution in [0.1, 0.15) is 57.9 Å². The third-order valence-corrected chi connectivity index (χ3v) is 5.51. The summed E-state index contributed by atoms with van der Waals surface area (Å²) >= 11 is 0. The number of hydrogen-bond acceptors (Lipinski definition) is 5. The Balaban J connectivity index is 2.09. The molecular formula is C22H27N3O2. The van der Waals surface area contributed by atoms with E-state index >= 15 is 0 Å². The summed E-state index contributed by atoms with van der Waals surface area (Å²) in [5, 5.41) is 9.81. The Kier molecular flexibility index (Phi) is 5.65. The molecule has 0 fully saturated rings. The first-order valence-electron chi connectivity index (χ1n) is 9.73. The number of carbonyl (C=O) groups excluding carboxylic acids is 1. The predicted octanol–water partition coefficient (Wildman–Crippen LogP) is 4.40. The quantitative estimate of drug-likeness (QED) is 0.783. The summed E-state index contributed by atoms with van der Waals surface area (Å²) < 4.78 is 5.64. The number of aliphatic imine (C=N–C) groups is 1. The molecule has 1 aromatic rings. The van der Waals surface area contributed by atoms with Crippen molar-refractivity contribution in [3.05, 3.63) is 35.0 Å². The fourth-order valence-corrected chi connectivity index (χ4v) is 4.30. The van der Waals surface area contributed by atoms with Gasteiger partial charge in [-0.25, -0.2) is 0 Å². The molecule has 3 atom stereocenters. The summed E-state index contributed by atoms with van der Waals surface area (Å²) in [6, 6.07) is 7.95. The summed E-state index contributed by atoms with van der Waals surface area (Å²) in [6.07, 6.45) is 3.44. The first-order chi connectivity index (χ1) is 13.0. The molecule has 2 N–H and O–H groups in total. The number of allylic oxidation sites excluding steroid dienone is 2. The molecule has 5 heteroatoms. The molecule has 142 valence electrons. The van der Waals surface area contributed by atoms with Crippen molar-refractivity contribution < 1.29 is 9.53 Å². The Morgan fingerprint density at radius 2 is 2.11 bits per heavy atom. The largest absolute Gasteiger partial charge is 0.492 e. The van der Waals surface area contributed by atoms with E-state index in [0.717, 1.165) is 36.2 Å². The van der Waals surface area contributed by atoms with E-state index in [0.29, 0.717) is 36.0 Å². The highest BCUT2D eigenvalue weighted by molar-refractivity contribution is 6.03. The molecule has 27 heavy (non-hydrogen) atoms. The lowest BCUT2D eigenvalue weighted by Crippen LogP contribution is -2.32. The zero-order chi connectivity index (χ0) is 19.6. The predicted molar refractivity (Wildman–Crippen MR) is 107 cm³/mol. The van der Waals surface area contributed by atoms with Gasteiger partial charge in [-0.05, 0) is 50.3 Å². The van der Waals surface area contributed by atoms with E-state index in [-0.39, 0.29) is 11.7 Å². The fourth-order valence-electron chi connectivity index (χ4n) is 4.30. The van der Waals surface area contributed by atoms with Crippen molar-refractivity contribution in [2.75, 3.05) is 12.3 Å². The Morgan fingerprint density at radius 1 is 1.33 bits per heavy atom. The number of nitriles is 1. The third-order valence-electron chi connectivity index (χ3n) is 5.51. The molecule has 2 aliphatic rings. The maximum Gasteiger partial charge on any atom is 0.161 e. The van der Waals surface area contributed by atoms with Crippen molar-refractivity contribution in [1.82, 2.24) is 0 Å². The minimum Gasteiger partial charge on any atom is -0.492 e. The van der Waals surface area contributed by atoms with E-state index in [2.05, 4.69) is 18.0 Å². The summed E-state index contributed by atoms with van der Waals surface area (Å²) in [7, 11) is 0. The number of rotatable bonds is 5. The van der Waals surface area contributed by atoms with Gasteiger partial charge in [0.2, 0.25) is 0 Å². The molecule has 3 rings (SSSR count). The molecule has 0 spiro atoms. The van der Waals surface area contributed by atoms with Gasteiger partial charge in [-0.15, -0.1) is 0 Å². The van der Waals surface area contributed by atoms with Crippen LogP contribution in [-0.4, -0.2) is 18.1 Å². The maximum atomic E-state index is 13.1. The van der Waals surface area contributed by atoms with E-state index < -0.39 is 5.92 Å². The van der Waals surface area contributed by atoms with Crippen molar-refractivity contribution in [2.24, 2.45) is 16.8 Å². The lowest BCUT2D eigenvalue weighted by Gasteiger charge is -2.35. The van der Waals surface area contributed by atoms with Gasteiger partial charge in [0.25, 0.3) is 0 Å². The third kappa shape index (κ3) is 3.62. The Bertz CT molecular complexity index is 848. The summed E-state index contributed by atoms with van der Waals surface area (Å²) in [5.41, 5.74) is 9.83. The van der Waals surface area contributed by atoms with Crippen molar-refractivity contribution in [1.29, 1.82) is 5.26 Å². The Hall–Kier alpha value is -2.61. The molecule has 1 aliphatic heterocycles. The lowest BCUT2D eigenvalue weighted by molar-refractivity contribution is -0.117. The van der Waals surface area contributed by atoms with Crippen molar-refractivity contribution in [3.8, 4) is 11.8 Å². The molecule has 0 saturated carbocycles. The van der Waals surface area contributed by atoms with Gasteiger partial charge in [-0.3, -0.25) is 9.79 Å². The number of Topliss-reactive ketones (excluding diaryl/α,β-unsaturated/α-hetero) is 1. The summed E-state index contributed by atoms with van der Waals surface area (Å²) in [4.78, 5) is 17.7. The molecule has 0 aromatic heterocycles. The van der Waals surface area contributed by atoms with Crippen LogP contribution in [0.3, 0.4) is 0 Å². The highest BCUT2D eigenvalue weighted by Gasteiger charge is 2.41. The first kappa shape index (κ1) is 19.2. The number of benzene rings is 1. The van der Waals surface area contributed by atoms with Crippen LogP contribution in [-0.2, 0) is 4.79 Å². The van der Waals surface area contributed by atoms with Crippen LogP contribution in [0.25, 0.3) is 0 Å². The minimum atomic E-state index is -0.450. The monoisotopic (exact) mass is 365 g/mol. The van der Waals surface area contributed by atoms with Gasteiger partial charge in [-0.2, -0.15) is 5.26 Å². The smallest absolute Gasteiger partial charge is 0.161 e. The number of hydrogen-bond donors (Lipinski definition) is 1. The molecule has 5 nitrogen and oxygen atoms in total. The number of carbonyl (C=O) groups is 1. The second kappa shape index (κ2) is 7.96. The summed E-state index contributed by atoms with van der Waals surface area (Å²) in [6.45, 7) is 6.44. The van der Waals surface area contributed by atoms with Gasteiger partial charge in [0.1, 0.15) is 5.75 Å². The molecule has 0 radical (unpaired) electrons. The number of ketones is 1. The Morgan fingerprint density at radius 3 is 2.78 bits per heavy atom. The second-order valence-corrected chi connectivity index (χ2v) is 7.41. The van der Waals surface area contributed by atoms with Gasteiger partial charge in [0, 0.05) is 29.3 Å². The van der Waals surface area contributed by atoms with Crippen molar-refractivity contribution in [2.45, 2.75) is 52.4 Å². The molecule has 1 heterocycles. The molecule has 1 aromatic carbocycles. The molecule has 0 bridgehead atoms. The lowest BCUT2D eigenvalue weighted by atomic mass is 9.70. The molecule has 1 aliphatic carbocycles. The van der Waals surface area contributed by atoms with E-state index in [1.807, 2.05) is 26.0 Å². The normalized spacial score (nSPS) is 24.9. The summed E-state index contributed by atoms with van der Waals surface area (Å²) in [5.74, 6) is 0.320. The zero-order valence-electron chi connectivity index (χ0n) is 16.3. The number of nitrogen functional groups attached to an aromatic ring is 1. The Labute approximate surface area is 160 Å². The van der Waals surface area contributed by atoms with E-state index in [1.54, 1.807) is 6.07 Å². The van der Waals surface area contributed by atoms with Gasteiger partial charge in [0.05, 0.1) is 24.3 Å². The highest BCUT2D eigenvalue weighted by atomic mass is 16.5. The van der Waals surface area contributed by atoms with Crippen LogP contribution in [0.4, 0.5) is 5.69 Å². The molecule has 0 amide bonds. The number of ether oxygens (including phenoxy) is 1. The second-order valence-electron chi connectivity index (χ2n) is 7.41. The average Bonchev–Trinajstić information content (AvgIpc) is 2.63. The van der Waals surface area contributed by atoms with Crippen LogP contribution in [0.5, 0.6) is 5.75 Å². The van der Waals surface area contributed by atoms with E-state index in [1.165, 1.54) is 0 Å². The molecular weight excluding hydrogens is 338 g/mol. The van der Waals surface area contributed by atoms with Crippen LogP contribution >= 0.6 is 0 Å². The number of nitrogens with zero attached hydrogens (tertiary/aromatic N) is 2. The first-order valence-corrected chi connectivity index (χ1v) is 9.73. The van der Waals surface area contributed by atoms with Crippen LogP contribution < -0.4 is 10.5 Å². The van der Waals surface area contributed by atoms with Crippen LogP contribution in [0.15, 0.2) is 34.5 Å². The number of anilines is 1. The topological polar surface area (TPSA) is 88.5 Å². The zero-order valence-corrected chi connectivity index (χ0v) is 16.3. The fraction of sp³-hybridized carbons (Fsp3) is 0.500. The van der Waals surface area contributed by atoms with Gasteiger partial charge < -0.3 is 10.5 Å². The standard InChI is InChI=1S/C22H27N3O2/c1-4-6-14-9-18-22(19(26)10-14)21(16(12-23)13(3)25-18)15-7-8-17(24)20(11-15)27-5-2/h7-8,11,14,16,21H,4-6,9-10,24H2,1-3H3. The van der Waals surface area contributed by atoms with E-state index in [9.17, 15) is 10.1 Å².